The highest BCUT2D eigenvalue weighted by Gasteiger charge is 2.45. The highest BCUT2D eigenvalue weighted by Crippen LogP contribution is 2.56. The van der Waals surface area contributed by atoms with Crippen LogP contribution in [0.4, 0.5) is 8.78 Å². The Morgan fingerprint density at radius 3 is 1.49 bits per heavy atom. The predicted molar refractivity (Wildman–Crippen MR) is 151 cm³/mol. The maximum Gasteiger partial charge on any atom is 0.165 e. The largest absolute Gasteiger partial charge is 0.489 e. The molecule has 0 amide bonds. The van der Waals surface area contributed by atoms with Gasteiger partial charge in [0.05, 0.1) is 6.16 Å². The van der Waals surface area contributed by atoms with Crippen molar-refractivity contribution in [1.82, 2.24) is 0 Å². The molecular weight excluding hydrogens is 481 g/mol. The zero-order valence-electron chi connectivity index (χ0n) is 20.4. The van der Waals surface area contributed by atoms with E-state index in [2.05, 4.69) is 36.4 Å². The smallest absolute Gasteiger partial charge is 0.165 e. The van der Waals surface area contributed by atoms with Crippen LogP contribution in [0.15, 0.2) is 133 Å². The maximum absolute atomic E-state index is 15.3. The molecule has 0 saturated carbocycles. The van der Waals surface area contributed by atoms with Gasteiger partial charge in [0.1, 0.15) is 35.5 Å². The third kappa shape index (κ3) is 5.33. The van der Waals surface area contributed by atoms with Crippen LogP contribution in [0.5, 0.6) is 5.75 Å². The monoisotopic (exact) mass is 509 g/mol. The van der Waals surface area contributed by atoms with Crippen LogP contribution < -0.4 is 20.7 Å². The topological polar surface area (TPSA) is 9.23 Å². The Bertz CT molecular complexity index is 1330. The van der Waals surface area contributed by atoms with Gasteiger partial charge >= 0.3 is 0 Å². The van der Waals surface area contributed by atoms with E-state index in [-0.39, 0.29) is 12.2 Å². The van der Waals surface area contributed by atoms with Crippen LogP contribution in [0.25, 0.3) is 0 Å². The SMILES string of the molecule is Fc1ccc(OCc2ccccc2)c(CC[P+](c2ccccc2)(c2ccccc2)c2ccccc2)c1F. The molecule has 5 aromatic carbocycles. The molecule has 0 fully saturated rings. The van der Waals surface area contributed by atoms with Gasteiger partial charge in [-0.3, -0.25) is 0 Å². The Hall–Kier alpha value is -3.81. The van der Waals surface area contributed by atoms with Crippen molar-refractivity contribution < 1.29 is 13.5 Å². The second-order valence-electron chi connectivity index (χ2n) is 8.90. The average molecular weight is 510 g/mol. The lowest BCUT2D eigenvalue weighted by molar-refractivity contribution is 0.299. The molecule has 0 saturated heterocycles. The average Bonchev–Trinajstić information content (AvgIpc) is 2.97. The number of halogens is 2. The number of hydrogen-bond acceptors (Lipinski definition) is 1. The van der Waals surface area contributed by atoms with E-state index in [9.17, 15) is 4.39 Å². The number of rotatable bonds is 9. The van der Waals surface area contributed by atoms with Gasteiger partial charge in [0.2, 0.25) is 0 Å². The van der Waals surface area contributed by atoms with Gasteiger partial charge in [0, 0.05) is 12.0 Å². The van der Waals surface area contributed by atoms with Crippen molar-refractivity contribution in [2.45, 2.75) is 13.0 Å². The van der Waals surface area contributed by atoms with Crippen LogP contribution >= 0.6 is 7.26 Å². The minimum Gasteiger partial charge on any atom is -0.489 e. The lowest BCUT2D eigenvalue weighted by Crippen LogP contribution is -2.34. The summed E-state index contributed by atoms with van der Waals surface area (Å²) in [6.45, 7) is 0.287. The van der Waals surface area contributed by atoms with Crippen molar-refractivity contribution in [2.75, 3.05) is 6.16 Å². The molecule has 0 atom stereocenters. The minimum atomic E-state index is -2.20. The summed E-state index contributed by atoms with van der Waals surface area (Å²) in [6.07, 6.45) is 0.966. The van der Waals surface area contributed by atoms with Crippen molar-refractivity contribution in [3.05, 3.63) is 156 Å². The molecule has 0 radical (unpaired) electrons. The van der Waals surface area contributed by atoms with Gasteiger partial charge in [-0.25, -0.2) is 8.78 Å². The van der Waals surface area contributed by atoms with Crippen molar-refractivity contribution in [3.8, 4) is 5.75 Å². The summed E-state index contributed by atoms with van der Waals surface area (Å²) in [5, 5.41) is 3.61. The van der Waals surface area contributed by atoms with Crippen LogP contribution in [0.1, 0.15) is 11.1 Å². The molecular formula is C33H28F2OP+. The van der Waals surface area contributed by atoms with Crippen LogP contribution in [-0.2, 0) is 13.0 Å². The lowest BCUT2D eigenvalue weighted by Gasteiger charge is -2.28. The molecule has 0 aliphatic heterocycles. The molecule has 184 valence electrons. The Balaban J connectivity index is 1.58. The molecule has 5 aromatic rings. The number of hydrogen-bond donors (Lipinski definition) is 0. The highest BCUT2D eigenvalue weighted by molar-refractivity contribution is 7.95. The van der Waals surface area contributed by atoms with Gasteiger partial charge in [-0.2, -0.15) is 0 Å². The Morgan fingerprint density at radius 1 is 0.541 bits per heavy atom. The highest BCUT2D eigenvalue weighted by atomic mass is 31.2. The first kappa shape index (κ1) is 24.9. The molecule has 0 N–H and O–H groups in total. The van der Waals surface area contributed by atoms with Crippen molar-refractivity contribution in [2.24, 2.45) is 0 Å². The molecule has 0 bridgehead atoms. The molecule has 0 heterocycles. The van der Waals surface area contributed by atoms with Gasteiger partial charge in [0.15, 0.2) is 11.6 Å². The first-order valence-electron chi connectivity index (χ1n) is 12.4. The van der Waals surface area contributed by atoms with Gasteiger partial charge in [-0.15, -0.1) is 0 Å². The zero-order valence-corrected chi connectivity index (χ0v) is 21.3. The van der Waals surface area contributed by atoms with Gasteiger partial charge in [-0.05, 0) is 54.1 Å². The lowest BCUT2D eigenvalue weighted by atomic mass is 10.1. The van der Waals surface area contributed by atoms with E-state index in [4.69, 9.17) is 4.74 Å². The van der Waals surface area contributed by atoms with E-state index < -0.39 is 18.9 Å². The predicted octanol–water partition coefficient (Wildman–Crippen LogP) is 7.08. The van der Waals surface area contributed by atoms with Gasteiger partial charge in [-0.1, -0.05) is 84.9 Å². The first-order chi connectivity index (χ1) is 18.2. The van der Waals surface area contributed by atoms with E-state index in [1.54, 1.807) is 6.07 Å². The summed E-state index contributed by atoms with van der Waals surface area (Å²) in [5.74, 6) is -1.31. The molecule has 5 rings (SSSR count). The van der Waals surface area contributed by atoms with E-state index in [1.807, 2.05) is 84.9 Å². The van der Waals surface area contributed by atoms with E-state index in [1.165, 1.54) is 15.9 Å². The summed E-state index contributed by atoms with van der Waals surface area (Å²) in [5.41, 5.74) is 1.25. The van der Waals surface area contributed by atoms with Crippen LogP contribution in [0, 0.1) is 11.6 Å². The van der Waals surface area contributed by atoms with Gasteiger partial charge in [0.25, 0.3) is 0 Å². The van der Waals surface area contributed by atoms with Crippen LogP contribution in [0.2, 0.25) is 0 Å². The van der Waals surface area contributed by atoms with Crippen molar-refractivity contribution >= 4 is 23.2 Å². The molecule has 0 unspecified atom stereocenters. The quantitative estimate of drug-likeness (QED) is 0.193. The van der Waals surface area contributed by atoms with E-state index >= 15 is 4.39 Å². The van der Waals surface area contributed by atoms with E-state index in [0.29, 0.717) is 18.3 Å². The Kier molecular flexibility index (Phi) is 7.73. The molecule has 0 spiro atoms. The third-order valence-electron chi connectivity index (χ3n) is 6.68. The Morgan fingerprint density at radius 2 is 1.00 bits per heavy atom. The fourth-order valence-electron chi connectivity index (χ4n) is 4.84. The number of benzene rings is 5. The molecule has 0 aliphatic carbocycles. The molecule has 0 aliphatic rings. The Labute approximate surface area is 217 Å². The molecule has 4 heteroatoms. The third-order valence-corrected chi connectivity index (χ3v) is 11.1. The fraction of sp³-hybridized carbons (Fsp3) is 0.0909. The summed E-state index contributed by atoms with van der Waals surface area (Å²) in [4.78, 5) is 0. The standard InChI is InChI=1S/C33H28F2OP/c34-31-21-22-32(36-25-26-13-5-1-6-14-26)30(33(31)35)23-24-37(27-15-7-2-8-16-27,28-17-9-3-10-18-28)29-19-11-4-12-20-29/h1-22H,23-25H2/q+1. The van der Waals surface area contributed by atoms with Gasteiger partial charge < -0.3 is 4.74 Å². The van der Waals surface area contributed by atoms with Crippen LogP contribution in [0.3, 0.4) is 0 Å². The molecule has 37 heavy (non-hydrogen) atoms. The maximum atomic E-state index is 15.3. The fourth-order valence-corrected chi connectivity index (χ4v) is 9.11. The first-order valence-corrected chi connectivity index (χ1v) is 14.3. The second kappa shape index (κ2) is 11.5. The van der Waals surface area contributed by atoms with Crippen molar-refractivity contribution in [1.29, 1.82) is 0 Å². The molecule has 1 nitrogen and oxygen atoms in total. The normalized spacial score (nSPS) is 11.3. The summed E-state index contributed by atoms with van der Waals surface area (Å²) in [7, 11) is -2.20. The zero-order chi connectivity index (χ0) is 25.5. The molecule has 0 aromatic heterocycles. The summed E-state index contributed by atoms with van der Waals surface area (Å²) < 4.78 is 35.9. The van der Waals surface area contributed by atoms with E-state index in [0.717, 1.165) is 11.6 Å². The summed E-state index contributed by atoms with van der Waals surface area (Å²) >= 11 is 0. The summed E-state index contributed by atoms with van der Waals surface area (Å²) in [6, 6.07) is 43.7. The minimum absolute atomic E-state index is 0.281. The van der Waals surface area contributed by atoms with Crippen LogP contribution in [-0.4, -0.2) is 6.16 Å². The second-order valence-corrected chi connectivity index (χ2v) is 12.5. The van der Waals surface area contributed by atoms with Crippen molar-refractivity contribution in [3.63, 3.8) is 0 Å². The number of ether oxygens (including phenoxy) is 1.